The van der Waals surface area contributed by atoms with Crippen LogP contribution in [0.3, 0.4) is 0 Å². The average molecular weight is 283 g/mol. The third-order valence-corrected chi connectivity index (χ3v) is 5.35. The van der Waals surface area contributed by atoms with Gasteiger partial charge in [-0.15, -0.1) is 0 Å². The molecule has 1 aromatic rings. The summed E-state index contributed by atoms with van der Waals surface area (Å²) in [7, 11) is -1.04. The molecule has 1 aliphatic carbocycles. The molecule has 0 radical (unpaired) electrons. The Labute approximate surface area is 116 Å². The third kappa shape index (κ3) is 4.12. The fourth-order valence-electron chi connectivity index (χ4n) is 2.31. The van der Waals surface area contributed by atoms with Gasteiger partial charge in [-0.25, -0.2) is 0 Å². The predicted molar refractivity (Wildman–Crippen MR) is 76.5 cm³/mol. The molecule has 1 N–H and O–H groups in total. The van der Waals surface area contributed by atoms with Crippen LogP contribution < -0.4 is 0 Å². The minimum atomic E-state index is -1.04. The maximum absolute atomic E-state index is 10.4. The summed E-state index contributed by atoms with van der Waals surface area (Å²) in [5.74, 6) is 0. The van der Waals surface area contributed by atoms with Crippen molar-refractivity contribution in [3.05, 3.63) is 11.9 Å². The largest absolute Gasteiger partial charge is 0.383 e. The first-order valence-electron chi connectivity index (χ1n) is 7.10. The van der Waals surface area contributed by atoms with E-state index in [9.17, 15) is 5.11 Å². The maximum Gasteiger partial charge on any atom is 0.158 e. The second-order valence-corrected chi connectivity index (χ2v) is 12.3. The number of aliphatic hydroxyl groups is 1. The molecule has 2 rings (SSSR count). The first-order chi connectivity index (χ1) is 8.89. The zero-order chi connectivity index (χ0) is 13.9. The summed E-state index contributed by atoms with van der Waals surface area (Å²) in [5.41, 5.74) is -0.0601. The van der Waals surface area contributed by atoms with Crippen molar-refractivity contribution in [2.24, 2.45) is 0 Å². The Kier molecular flexibility index (Phi) is 4.42. The van der Waals surface area contributed by atoms with Gasteiger partial charge in [-0.05, 0) is 18.9 Å². The number of aromatic nitrogens is 3. The lowest BCUT2D eigenvalue weighted by Gasteiger charge is -2.18. The number of rotatable bonds is 6. The van der Waals surface area contributed by atoms with Crippen LogP contribution >= 0.6 is 0 Å². The van der Waals surface area contributed by atoms with Gasteiger partial charge in [0.15, 0.2) is 6.73 Å². The van der Waals surface area contributed by atoms with Gasteiger partial charge in [0.25, 0.3) is 0 Å². The Hall–Kier alpha value is -0.723. The van der Waals surface area contributed by atoms with Crippen LogP contribution in [0, 0.1) is 0 Å². The molecule has 1 fully saturated rings. The molecule has 1 aliphatic rings. The maximum atomic E-state index is 10.4. The lowest BCUT2D eigenvalue weighted by Crippen LogP contribution is -2.23. The monoisotopic (exact) mass is 283 g/mol. The summed E-state index contributed by atoms with van der Waals surface area (Å²) in [6.07, 6.45) is 5.39. The fourth-order valence-corrected chi connectivity index (χ4v) is 3.07. The zero-order valence-corrected chi connectivity index (χ0v) is 13.2. The van der Waals surface area contributed by atoms with E-state index in [0.717, 1.165) is 38.3 Å². The van der Waals surface area contributed by atoms with E-state index in [0.29, 0.717) is 12.4 Å². The molecule has 0 bridgehead atoms. The second-order valence-electron chi connectivity index (χ2n) is 6.69. The molecule has 0 amide bonds. The second kappa shape index (κ2) is 5.72. The van der Waals surface area contributed by atoms with E-state index in [1.54, 1.807) is 6.20 Å². The SMILES string of the molecule is C[Si](C)(C)CCOCn1ncc(C2(O)CCCC2)n1. The first-order valence-corrected chi connectivity index (χ1v) is 10.8. The van der Waals surface area contributed by atoms with Gasteiger partial charge in [-0.3, -0.25) is 0 Å². The number of hydrogen-bond acceptors (Lipinski definition) is 4. The smallest absolute Gasteiger partial charge is 0.158 e. The van der Waals surface area contributed by atoms with Gasteiger partial charge >= 0.3 is 0 Å². The van der Waals surface area contributed by atoms with Gasteiger partial charge in [0.05, 0.1) is 6.20 Å². The summed E-state index contributed by atoms with van der Waals surface area (Å²) >= 11 is 0. The molecule has 0 aliphatic heterocycles. The van der Waals surface area contributed by atoms with Gasteiger partial charge in [0.2, 0.25) is 0 Å². The Bertz CT molecular complexity index is 408. The van der Waals surface area contributed by atoms with Crippen LogP contribution in [0.1, 0.15) is 31.4 Å². The van der Waals surface area contributed by atoms with E-state index < -0.39 is 13.7 Å². The Morgan fingerprint density at radius 1 is 1.37 bits per heavy atom. The molecular formula is C13H25N3O2Si. The van der Waals surface area contributed by atoms with Gasteiger partial charge in [-0.1, -0.05) is 32.5 Å². The van der Waals surface area contributed by atoms with Crippen molar-refractivity contribution in [1.82, 2.24) is 15.0 Å². The average Bonchev–Trinajstić information content (AvgIpc) is 2.93. The lowest BCUT2D eigenvalue weighted by molar-refractivity contribution is 0.0353. The number of nitrogens with zero attached hydrogens (tertiary/aromatic N) is 3. The van der Waals surface area contributed by atoms with E-state index >= 15 is 0 Å². The molecule has 0 saturated heterocycles. The Morgan fingerprint density at radius 2 is 2.05 bits per heavy atom. The summed E-state index contributed by atoms with van der Waals surface area (Å²) in [6, 6.07) is 1.14. The fraction of sp³-hybridized carbons (Fsp3) is 0.846. The van der Waals surface area contributed by atoms with E-state index in [1.165, 1.54) is 4.80 Å². The molecule has 108 valence electrons. The van der Waals surface area contributed by atoms with E-state index in [1.807, 2.05) is 0 Å². The Morgan fingerprint density at radius 3 is 2.68 bits per heavy atom. The van der Waals surface area contributed by atoms with Crippen LogP contribution in [-0.2, 0) is 17.1 Å². The van der Waals surface area contributed by atoms with E-state index in [-0.39, 0.29) is 0 Å². The molecule has 5 nitrogen and oxygen atoms in total. The molecule has 19 heavy (non-hydrogen) atoms. The summed E-state index contributed by atoms with van der Waals surface area (Å²) < 4.78 is 5.60. The minimum Gasteiger partial charge on any atom is -0.383 e. The van der Waals surface area contributed by atoms with Crippen LogP contribution in [0.25, 0.3) is 0 Å². The van der Waals surface area contributed by atoms with Crippen molar-refractivity contribution >= 4 is 8.07 Å². The summed E-state index contributed by atoms with van der Waals surface area (Å²) in [4.78, 5) is 1.54. The van der Waals surface area contributed by atoms with Crippen molar-refractivity contribution in [3.63, 3.8) is 0 Å². The zero-order valence-electron chi connectivity index (χ0n) is 12.2. The molecule has 1 heterocycles. The minimum absolute atomic E-state index is 0.376. The number of hydrogen-bond donors (Lipinski definition) is 1. The third-order valence-electron chi connectivity index (χ3n) is 3.65. The lowest BCUT2D eigenvalue weighted by atomic mass is 9.99. The molecule has 1 aromatic heterocycles. The molecule has 6 heteroatoms. The van der Waals surface area contributed by atoms with Crippen molar-refractivity contribution in [1.29, 1.82) is 0 Å². The topological polar surface area (TPSA) is 60.2 Å². The van der Waals surface area contributed by atoms with Crippen molar-refractivity contribution < 1.29 is 9.84 Å². The van der Waals surface area contributed by atoms with Gasteiger partial charge in [0, 0.05) is 14.7 Å². The molecule has 0 spiro atoms. The molecule has 0 atom stereocenters. The highest BCUT2D eigenvalue weighted by molar-refractivity contribution is 6.76. The van der Waals surface area contributed by atoms with E-state index in [4.69, 9.17) is 4.74 Å². The van der Waals surface area contributed by atoms with Gasteiger partial charge < -0.3 is 9.84 Å². The van der Waals surface area contributed by atoms with Gasteiger partial charge in [-0.2, -0.15) is 15.0 Å². The molecule has 1 saturated carbocycles. The first kappa shape index (κ1) is 14.7. The van der Waals surface area contributed by atoms with E-state index in [2.05, 4.69) is 29.8 Å². The molecular weight excluding hydrogens is 258 g/mol. The van der Waals surface area contributed by atoms with Crippen LogP contribution in [-0.4, -0.2) is 34.8 Å². The van der Waals surface area contributed by atoms with Crippen molar-refractivity contribution in [2.75, 3.05) is 6.61 Å². The highest BCUT2D eigenvalue weighted by Crippen LogP contribution is 2.37. The van der Waals surface area contributed by atoms with Crippen LogP contribution in [0.15, 0.2) is 6.20 Å². The number of ether oxygens (including phenoxy) is 1. The predicted octanol–water partition coefficient (Wildman–Crippen LogP) is 2.35. The standard InChI is InChI=1S/C13H25N3O2Si/c1-19(2,3)9-8-18-11-16-14-10-12(15-16)13(17)6-4-5-7-13/h10,17H,4-9,11H2,1-3H3. The molecule has 0 unspecified atom stereocenters. The Balaban J connectivity index is 1.81. The van der Waals surface area contributed by atoms with Crippen LogP contribution in [0.5, 0.6) is 0 Å². The molecule has 0 aromatic carbocycles. The highest BCUT2D eigenvalue weighted by atomic mass is 28.3. The quantitative estimate of drug-likeness (QED) is 0.643. The van der Waals surface area contributed by atoms with Gasteiger partial charge in [0.1, 0.15) is 11.3 Å². The summed E-state index contributed by atoms with van der Waals surface area (Å²) in [6.45, 7) is 8.13. The van der Waals surface area contributed by atoms with Crippen LogP contribution in [0.2, 0.25) is 25.7 Å². The van der Waals surface area contributed by atoms with Crippen molar-refractivity contribution in [3.8, 4) is 0 Å². The normalized spacial score (nSPS) is 18.9. The highest BCUT2D eigenvalue weighted by Gasteiger charge is 2.35. The van der Waals surface area contributed by atoms with Crippen molar-refractivity contribution in [2.45, 2.75) is 63.7 Å². The summed E-state index contributed by atoms with van der Waals surface area (Å²) in [5, 5.41) is 18.9. The van der Waals surface area contributed by atoms with Crippen LogP contribution in [0.4, 0.5) is 0 Å².